The lowest BCUT2D eigenvalue weighted by Crippen LogP contribution is -2.27. The van der Waals surface area contributed by atoms with E-state index < -0.39 is 10.0 Å². The Morgan fingerprint density at radius 3 is 2.48 bits per heavy atom. The number of imidazole rings is 1. The summed E-state index contributed by atoms with van der Waals surface area (Å²) >= 11 is 0. The first-order valence-corrected chi connectivity index (χ1v) is 8.94. The number of nitrogens with one attached hydrogen (secondary N) is 1. The Hall–Kier alpha value is -2.18. The van der Waals surface area contributed by atoms with Gasteiger partial charge in [-0.25, -0.2) is 18.1 Å². The lowest BCUT2D eigenvalue weighted by molar-refractivity contribution is 0.572. The molecule has 0 unspecified atom stereocenters. The van der Waals surface area contributed by atoms with Crippen molar-refractivity contribution in [2.24, 2.45) is 0 Å². The van der Waals surface area contributed by atoms with Crippen LogP contribution in [0.1, 0.15) is 11.4 Å². The van der Waals surface area contributed by atoms with Crippen LogP contribution in [0, 0.1) is 13.8 Å². The smallest absolute Gasteiger partial charge is 0.240 e. The predicted molar refractivity (Wildman–Crippen MR) is 90.8 cm³/mol. The molecule has 0 aliphatic heterocycles. The fraction of sp³-hybridized carbons (Fsp3) is 0.235. The van der Waals surface area contributed by atoms with Crippen LogP contribution >= 0.6 is 0 Å². The first-order chi connectivity index (χ1) is 11.0. The van der Waals surface area contributed by atoms with Gasteiger partial charge in [-0.15, -0.1) is 0 Å². The van der Waals surface area contributed by atoms with Crippen LogP contribution in [0.3, 0.4) is 0 Å². The molecule has 0 atom stereocenters. The first kappa shape index (κ1) is 15.7. The largest absolute Gasteiger partial charge is 0.327 e. The second kappa shape index (κ2) is 6.14. The Bertz CT molecular complexity index is 928. The summed E-state index contributed by atoms with van der Waals surface area (Å²) < 4.78 is 29.2. The van der Waals surface area contributed by atoms with E-state index in [-0.39, 0.29) is 4.90 Å². The Morgan fingerprint density at radius 1 is 1.04 bits per heavy atom. The molecule has 0 saturated carbocycles. The summed E-state index contributed by atoms with van der Waals surface area (Å²) in [5.74, 6) is 0.876. The minimum absolute atomic E-state index is 0.287. The van der Waals surface area contributed by atoms with Gasteiger partial charge in [-0.3, -0.25) is 0 Å². The number of sulfonamides is 1. The molecule has 0 aliphatic carbocycles. The van der Waals surface area contributed by atoms with Crippen LogP contribution in [0.15, 0.2) is 53.4 Å². The van der Waals surface area contributed by atoms with Gasteiger partial charge in [0.1, 0.15) is 5.82 Å². The van der Waals surface area contributed by atoms with Gasteiger partial charge in [0.25, 0.3) is 0 Å². The molecule has 0 radical (unpaired) electrons. The molecular formula is C17H19N3O2S. The van der Waals surface area contributed by atoms with Crippen molar-refractivity contribution in [3.63, 3.8) is 0 Å². The standard InChI is InChI=1S/C17H19N3O2S/c1-13-7-9-15(10-8-13)23(21,22)18-11-12-20-14(2)19-16-5-3-4-6-17(16)20/h3-10,18H,11-12H2,1-2H3. The molecule has 1 heterocycles. The zero-order valence-corrected chi connectivity index (χ0v) is 14.0. The highest BCUT2D eigenvalue weighted by Gasteiger charge is 2.13. The van der Waals surface area contributed by atoms with Crippen molar-refractivity contribution in [3.05, 3.63) is 59.9 Å². The van der Waals surface area contributed by atoms with Crippen LogP contribution in [0.2, 0.25) is 0 Å². The Morgan fingerprint density at radius 2 is 1.74 bits per heavy atom. The minimum Gasteiger partial charge on any atom is -0.327 e. The molecule has 5 nitrogen and oxygen atoms in total. The van der Waals surface area contributed by atoms with Crippen molar-refractivity contribution >= 4 is 21.1 Å². The van der Waals surface area contributed by atoms with Crippen LogP contribution in [-0.2, 0) is 16.6 Å². The van der Waals surface area contributed by atoms with E-state index >= 15 is 0 Å². The van der Waals surface area contributed by atoms with Crippen molar-refractivity contribution < 1.29 is 8.42 Å². The van der Waals surface area contributed by atoms with Crippen LogP contribution in [-0.4, -0.2) is 24.5 Å². The van der Waals surface area contributed by atoms with Gasteiger partial charge >= 0.3 is 0 Å². The predicted octanol–water partition coefficient (Wildman–Crippen LogP) is 2.63. The summed E-state index contributed by atoms with van der Waals surface area (Å²) in [5, 5.41) is 0. The molecule has 120 valence electrons. The topological polar surface area (TPSA) is 64.0 Å². The number of rotatable bonds is 5. The highest BCUT2D eigenvalue weighted by atomic mass is 32.2. The second-order valence-corrected chi connectivity index (χ2v) is 7.28. The Balaban J connectivity index is 1.73. The highest BCUT2D eigenvalue weighted by Crippen LogP contribution is 2.15. The van der Waals surface area contributed by atoms with Crippen molar-refractivity contribution in [2.75, 3.05) is 6.54 Å². The molecule has 2 aromatic carbocycles. The molecule has 1 N–H and O–H groups in total. The summed E-state index contributed by atoms with van der Waals surface area (Å²) in [5.41, 5.74) is 2.97. The molecule has 3 aromatic rings. The van der Waals surface area contributed by atoms with Crippen molar-refractivity contribution in [1.82, 2.24) is 14.3 Å². The van der Waals surface area contributed by atoms with Gasteiger partial charge in [0, 0.05) is 13.1 Å². The van der Waals surface area contributed by atoms with Crippen LogP contribution in [0.4, 0.5) is 0 Å². The number of aryl methyl sites for hydroxylation is 2. The van der Waals surface area contributed by atoms with E-state index in [9.17, 15) is 8.42 Å². The van der Waals surface area contributed by atoms with E-state index in [0.717, 1.165) is 22.4 Å². The molecule has 0 fully saturated rings. The van der Waals surface area contributed by atoms with E-state index in [1.54, 1.807) is 24.3 Å². The maximum atomic E-state index is 12.3. The first-order valence-electron chi connectivity index (χ1n) is 7.45. The fourth-order valence-corrected chi connectivity index (χ4v) is 3.59. The number of benzene rings is 2. The van der Waals surface area contributed by atoms with Gasteiger partial charge in [0.05, 0.1) is 15.9 Å². The third-order valence-electron chi connectivity index (χ3n) is 3.80. The highest BCUT2D eigenvalue weighted by molar-refractivity contribution is 7.89. The Labute approximate surface area is 136 Å². The van der Waals surface area contributed by atoms with Gasteiger partial charge in [-0.1, -0.05) is 29.8 Å². The van der Waals surface area contributed by atoms with Crippen molar-refractivity contribution in [3.8, 4) is 0 Å². The summed E-state index contributed by atoms with van der Waals surface area (Å²) in [6.07, 6.45) is 0. The quantitative estimate of drug-likeness (QED) is 0.782. The summed E-state index contributed by atoms with van der Waals surface area (Å²) in [6.45, 7) is 4.71. The van der Waals surface area contributed by atoms with Gasteiger partial charge in [-0.05, 0) is 38.1 Å². The van der Waals surface area contributed by atoms with Crippen LogP contribution < -0.4 is 4.72 Å². The molecule has 0 aliphatic rings. The molecule has 1 aromatic heterocycles. The lowest BCUT2D eigenvalue weighted by Gasteiger charge is -2.09. The maximum absolute atomic E-state index is 12.3. The molecule has 0 saturated heterocycles. The van der Waals surface area contributed by atoms with E-state index in [2.05, 4.69) is 9.71 Å². The van der Waals surface area contributed by atoms with Crippen LogP contribution in [0.5, 0.6) is 0 Å². The zero-order chi connectivity index (χ0) is 16.4. The maximum Gasteiger partial charge on any atom is 0.240 e. The van der Waals surface area contributed by atoms with E-state index in [0.29, 0.717) is 13.1 Å². The van der Waals surface area contributed by atoms with Crippen LogP contribution in [0.25, 0.3) is 11.0 Å². The molecule has 3 rings (SSSR count). The van der Waals surface area contributed by atoms with Crippen molar-refractivity contribution in [1.29, 1.82) is 0 Å². The molecule has 6 heteroatoms. The minimum atomic E-state index is -3.48. The Kier molecular flexibility index (Phi) is 4.19. The number of hydrogen-bond donors (Lipinski definition) is 1. The van der Waals surface area contributed by atoms with Gasteiger partial charge in [0.15, 0.2) is 0 Å². The summed E-state index contributed by atoms with van der Waals surface area (Å²) in [4.78, 5) is 4.77. The summed E-state index contributed by atoms with van der Waals surface area (Å²) in [6, 6.07) is 14.7. The van der Waals surface area contributed by atoms with Crippen molar-refractivity contribution in [2.45, 2.75) is 25.3 Å². The van der Waals surface area contributed by atoms with Gasteiger partial charge in [-0.2, -0.15) is 0 Å². The third kappa shape index (κ3) is 3.28. The zero-order valence-electron chi connectivity index (χ0n) is 13.2. The lowest BCUT2D eigenvalue weighted by atomic mass is 10.2. The normalized spacial score (nSPS) is 11.9. The molecule has 0 spiro atoms. The molecule has 23 heavy (non-hydrogen) atoms. The van der Waals surface area contributed by atoms with Gasteiger partial charge < -0.3 is 4.57 Å². The SMILES string of the molecule is Cc1ccc(S(=O)(=O)NCCn2c(C)nc3ccccc32)cc1. The number of fused-ring (bicyclic) bond motifs is 1. The third-order valence-corrected chi connectivity index (χ3v) is 5.28. The molecule has 0 bridgehead atoms. The average molecular weight is 329 g/mol. The van der Waals surface area contributed by atoms with E-state index in [1.165, 1.54) is 0 Å². The number of hydrogen-bond acceptors (Lipinski definition) is 3. The van der Waals surface area contributed by atoms with E-state index in [4.69, 9.17) is 0 Å². The number of aromatic nitrogens is 2. The molecular weight excluding hydrogens is 310 g/mol. The molecule has 0 amide bonds. The summed E-state index contributed by atoms with van der Waals surface area (Å²) in [7, 11) is -3.48. The number of para-hydroxylation sites is 2. The average Bonchev–Trinajstić information content (AvgIpc) is 2.84. The van der Waals surface area contributed by atoms with E-state index in [1.807, 2.05) is 42.7 Å². The number of nitrogens with zero attached hydrogens (tertiary/aromatic N) is 2. The fourth-order valence-electron chi connectivity index (χ4n) is 2.57. The second-order valence-electron chi connectivity index (χ2n) is 5.51. The monoisotopic (exact) mass is 329 g/mol. The van der Waals surface area contributed by atoms with Gasteiger partial charge in [0.2, 0.25) is 10.0 Å².